The highest BCUT2D eigenvalue weighted by molar-refractivity contribution is 9.10. The zero-order chi connectivity index (χ0) is 28.2. The molecule has 0 saturated carbocycles. The van der Waals surface area contributed by atoms with E-state index >= 15 is 0 Å². The minimum atomic E-state index is -0.932. The van der Waals surface area contributed by atoms with Gasteiger partial charge in [0, 0.05) is 30.0 Å². The highest BCUT2D eigenvalue weighted by Gasteiger charge is 2.35. The van der Waals surface area contributed by atoms with Crippen molar-refractivity contribution in [1.82, 2.24) is 4.98 Å². The summed E-state index contributed by atoms with van der Waals surface area (Å²) < 4.78 is 24.3. The lowest BCUT2D eigenvalue weighted by Gasteiger charge is -2.30. The number of hydrogen-bond acceptors (Lipinski definition) is 6. The fraction of sp³-hybridized carbons (Fsp3) is 0.562. The lowest BCUT2D eigenvalue weighted by molar-refractivity contribution is -0.171. The van der Waals surface area contributed by atoms with E-state index in [9.17, 15) is 4.79 Å². The van der Waals surface area contributed by atoms with Gasteiger partial charge in [0.15, 0.2) is 6.10 Å². The van der Waals surface area contributed by atoms with Gasteiger partial charge in [0.05, 0.1) is 28.5 Å². The second-order valence-corrected chi connectivity index (χ2v) is 12.5. The Morgan fingerprint density at radius 1 is 1.21 bits per heavy atom. The van der Waals surface area contributed by atoms with E-state index < -0.39 is 17.7 Å². The summed E-state index contributed by atoms with van der Waals surface area (Å²) in [5.74, 6) is 1.14. The van der Waals surface area contributed by atoms with Crippen molar-refractivity contribution in [2.24, 2.45) is 5.92 Å². The summed E-state index contributed by atoms with van der Waals surface area (Å²) in [6, 6.07) is 6.27. The number of fused-ring (bicyclic) bond motifs is 1. The average Bonchev–Trinajstić information content (AvgIpc) is 2.88. The maximum Gasteiger partial charge on any atom is 0.340 e. The first-order valence-corrected chi connectivity index (χ1v) is 14.9. The number of aryl methyl sites for hydroxylation is 2. The third kappa shape index (κ3) is 7.71. The molecular formula is C32H42BrNO5. The lowest BCUT2D eigenvalue weighted by Crippen LogP contribution is -2.31. The molecule has 212 valence electrons. The summed E-state index contributed by atoms with van der Waals surface area (Å²) >= 11 is 3.90. The van der Waals surface area contributed by atoms with E-state index in [1.807, 2.05) is 47.6 Å². The number of hydrogen-bond donors (Lipinski definition) is 0. The molecule has 2 aliphatic rings. The number of pyridine rings is 1. The van der Waals surface area contributed by atoms with Gasteiger partial charge < -0.3 is 18.9 Å². The van der Waals surface area contributed by atoms with E-state index in [2.05, 4.69) is 40.2 Å². The van der Waals surface area contributed by atoms with E-state index in [1.54, 1.807) is 0 Å². The Morgan fingerprint density at radius 3 is 2.64 bits per heavy atom. The lowest BCUT2D eigenvalue weighted by atomic mass is 9.91. The Balaban J connectivity index is 1.84. The predicted molar refractivity (Wildman–Crippen MR) is 158 cm³/mol. The molecule has 1 saturated heterocycles. The third-order valence-corrected chi connectivity index (χ3v) is 7.78. The van der Waals surface area contributed by atoms with E-state index in [4.69, 9.17) is 23.9 Å². The second kappa shape index (κ2) is 13.0. The SMILES string of the molecule is Cc1nc(C=CCC2CCOCC2)c(Br)c(-c2ccc3c(c2)CCCO3)c1C(OC(C)(C)C)C(=O)OC(C)C. The molecule has 1 unspecified atom stereocenters. The highest BCUT2D eigenvalue weighted by atomic mass is 79.9. The fourth-order valence-electron chi connectivity index (χ4n) is 5.17. The number of carbonyl (C=O) groups excluding carboxylic acids is 1. The number of ether oxygens (including phenoxy) is 4. The third-order valence-electron chi connectivity index (χ3n) is 6.97. The number of aromatic nitrogens is 1. The smallest absolute Gasteiger partial charge is 0.340 e. The molecular weight excluding hydrogens is 558 g/mol. The Bertz CT molecular complexity index is 1190. The van der Waals surface area contributed by atoms with Crippen LogP contribution in [0.1, 0.15) is 88.9 Å². The average molecular weight is 601 g/mol. The maximum atomic E-state index is 13.5. The summed E-state index contributed by atoms with van der Waals surface area (Å²) in [4.78, 5) is 18.5. The first-order chi connectivity index (χ1) is 18.5. The zero-order valence-electron chi connectivity index (χ0n) is 24.1. The van der Waals surface area contributed by atoms with Crippen molar-refractivity contribution in [3.05, 3.63) is 51.3 Å². The molecule has 1 aromatic heterocycles. The van der Waals surface area contributed by atoms with Gasteiger partial charge in [0.1, 0.15) is 5.75 Å². The molecule has 4 rings (SSSR count). The normalized spacial score (nSPS) is 17.2. The van der Waals surface area contributed by atoms with Crippen LogP contribution in [0.4, 0.5) is 0 Å². The first kappa shape index (κ1) is 29.8. The standard InChI is InChI=1S/C32H42BrNO5/c1-20(2)38-31(35)30(39-32(4,5)6)27-21(3)34-25(11-7-9-22-14-17-36-18-15-22)29(33)28(27)24-12-13-26-23(19-24)10-8-16-37-26/h7,11-13,19-20,22,30H,8-10,14-18H2,1-6H3. The van der Waals surface area contributed by atoms with Gasteiger partial charge in [-0.3, -0.25) is 4.98 Å². The number of allylic oxidation sites excluding steroid dienone is 1. The summed E-state index contributed by atoms with van der Waals surface area (Å²) in [5, 5.41) is 0. The van der Waals surface area contributed by atoms with Crippen LogP contribution in [0.2, 0.25) is 0 Å². The summed E-state index contributed by atoms with van der Waals surface area (Å²) in [6.45, 7) is 13.9. The Kier molecular flexibility index (Phi) is 9.89. The van der Waals surface area contributed by atoms with Crippen molar-refractivity contribution < 1.29 is 23.7 Å². The van der Waals surface area contributed by atoms with Crippen molar-refractivity contribution in [2.45, 2.75) is 91.5 Å². The summed E-state index contributed by atoms with van der Waals surface area (Å²) in [6.07, 6.45) is 8.20. The van der Waals surface area contributed by atoms with Gasteiger partial charge in [-0.25, -0.2) is 4.79 Å². The van der Waals surface area contributed by atoms with Crippen molar-refractivity contribution in [1.29, 1.82) is 0 Å². The van der Waals surface area contributed by atoms with Crippen LogP contribution in [0.5, 0.6) is 5.75 Å². The van der Waals surface area contributed by atoms with E-state index in [0.717, 1.165) is 90.2 Å². The summed E-state index contributed by atoms with van der Waals surface area (Å²) in [5.41, 5.74) is 4.77. The number of esters is 1. The number of carbonyl (C=O) groups is 1. The molecule has 6 nitrogen and oxygen atoms in total. The van der Waals surface area contributed by atoms with Crippen LogP contribution in [-0.4, -0.2) is 42.5 Å². The van der Waals surface area contributed by atoms with Crippen molar-refractivity contribution in [2.75, 3.05) is 19.8 Å². The van der Waals surface area contributed by atoms with E-state index in [1.165, 1.54) is 5.56 Å². The van der Waals surface area contributed by atoms with Crippen LogP contribution < -0.4 is 4.74 Å². The van der Waals surface area contributed by atoms with Crippen LogP contribution in [0, 0.1) is 12.8 Å². The number of rotatable bonds is 8. The molecule has 39 heavy (non-hydrogen) atoms. The minimum absolute atomic E-state index is 0.267. The van der Waals surface area contributed by atoms with Crippen LogP contribution in [0.15, 0.2) is 28.7 Å². The van der Waals surface area contributed by atoms with Crippen molar-refractivity contribution in [3.63, 3.8) is 0 Å². The Morgan fingerprint density at radius 2 is 1.95 bits per heavy atom. The van der Waals surface area contributed by atoms with E-state index in [-0.39, 0.29) is 6.10 Å². The molecule has 0 aliphatic carbocycles. The molecule has 1 aromatic carbocycles. The van der Waals surface area contributed by atoms with E-state index in [0.29, 0.717) is 5.92 Å². The van der Waals surface area contributed by atoms with Crippen molar-refractivity contribution in [3.8, 4) is 16.9 Å². The highest BCUT2D eigenvalue weighted by Crippen LogP contribution is 2.43. The molecule has 1 atom stereocenters. The van der Waals surface area contributed by atoms with Crippen molar-refractivity contribution >= 4 is 28.0 Å². The largest absolute Gasteiger partial charge is 0.493 e. The predicted octanol–water partition coefficient (Wildman–Crippen LogP) is 7.78. The Labute approximate surface area is 241 Å². The summed E-state index contributed by atoms with van der Waals surface area (Å²) in [7, 11) is 0. The van der Waals surface area contributed by atoms with Gasteiger partial charge in [-0.05, 0) is 125 Å². The molecule has 0 N–H and O–H groups in total. The van der Waals surface area contributed by atoms with Crippen LogP contribution in [0.25, 0.3) is 17.2 Å². The van der Waals surface area contributed by atoms with Gasteiger partial charge in [-0.15, -0.1) is 0 Å². The molecule has 0 amide bonds. The molecule has 2 aromatic rings. The van der Waals surface area contributed by atoms with Gasteiger partial charge in [-0.1, -0.05) is 12.1 Å². The quantitative estimate of drug-likeness (QED) is 0.288. The fourth-order valence-corrected chi connectivity index (χ4v) is 5.84. The topological polar surface area (TPSA) is 66.9 Å². The molecule has 0 radical (unpaired) electrons. The van der Waals surface area contributed by atoms with Gasteiger partial charge in [-0.2, -0.15) is 0 Å². The molecule has 3 heterocycles. The van der Waals surface area contributed by atoms with Gasteiger partial charge in [0.25, 0.3) is 0 Å². The number of halogens is 1. The minimum Gasteiger partial charge on any atom is -0.493 e. The number of nitrogens with zero attached hydrogens (tertiary/aromatic N) is 1. The molecule has 7 heteroatoms. The maximum absolute atomic E-state index is 13.5. The number of benzene rings is 1. The molecule has 2 aliphatic heterocycles. The van der Waals surface area contributed by atoms with Gasteiger partial charge in [0.2, 0.25) is 0 Å². The monoisotopic (exact) mass is 599 g/mol. The molecule has 1 fully saturated rings. The molecule has 0 bridgehead atoms. The molecule has 0 spiro atoms. The van der Waals surface area contributed by atoms with Crippen LogP contribution in [-0.2, 0) is 25.4 Å². The van der Waals surface area contributed by atoms with Crippen LogP contribution >= 0.6 is 15.9 Å². The van der Waals surface area contributed by atoms with Crippen LogP contribution in [0.3, 0.4) is 0 Å². The zero-order valence-corrected chi connectivity index (χ0v) is 25.7. The second-order valence-electron chi connectivity index (χ2n) is 11.7. The van der Waals surface area contributed by atoms with Gasteiger partial charge >= 0.3 is 5.97 Å². The first-order valence-electron chi connectivity index (χ1n) is 14.1. The Hall–Kier alpha value is -2.22.